The molecule has 0 spiro atoms. The SMILES string of the molecule is CC(C)c1nc(C(=O)C(F)(F)F)c2c(Br)cccn12. The van der Waals surface area contributed by atoms with E-state index in [0.717, 1.165) is 0 Å². The summed E-state index contributed by atoms with van der Waals surface area (Å²) in [6, 6.07) is 3.25. The number of carbonyl (C=O) groups excluding carboxylic acids is 1. The van der Waals surface area contributed by atoms with Gasteiger partial charge in [0.2, 0.25) is 0 Å². The summed E-state index contributed by atoms with van der Waals surface area (Å²) in [5, 5.41) is 0. The number of hydrogen-bond donors (Lipinski definition) is 0. The van der Waals surface area contributed by atoms with E-state index >= 15 is 0 Å². The number of pyridine rings is 1. The Kier molecular flexibility index (Phi) is 3.42. The average molecular weight is 335 g/mol. The van der Waals surface area contributed by atoms with Crippen molar-refractivity contribution < 1.29 is 18.0 Å². The molecule has 0 bridgehead atoms. The molecule has 0 atom stereocenters. The van der Waals surface area contributed by atoms with Gasteiger partial charge in [-0.25, -0.2) is 4.98 Å². The number of Topliss-reactive ketones (excluding diaryl/α,β-unsaturated/α-hetero) is 1. The van der Waals surface area contributed by atoms with Gasteiger partial charge in [-0.15, -0.1) is 0 Å². The van der Waals surface area contributed by atoms with Crippen LogP contribution in [-0.4, -0.2) is 21.3 Å². The summed E-state index contributed by atoms with van der Waals surface area (Å²) in [6.45, 7) is 3.61. The summed E-state index contributed by atoms with van der Waals surface area (Å²) in [5.41, 5.74) is -0.419. The molecule has 19 heavy (non-hydrogen) atoms. The van der Waals surface area contributed by atoms with Crippen LogP contribution < -0.4 is 0 Å². The Morgan fingerprint density at radius 2 is 2.05 bits per heavy atom. The molecule has 0 aliphatic heterocycles. The minimum atomic E-state index is -4.93. The molecule has 0 unspecified atom stereocenters. The Labute approximate surface area is 115 Å². The molecule has 0 aliphatic carbocycles. The quantitative estimate of drug-likeness (QED) is 0.779. The Morgan fingerprint density at radius 1 is 1.42 bits per heavy atom. The number of imidazole rings is 1. The molecule has 0 amide bonds. The van der Waals surface area contributed by atoms with Crippen LogP contribution in [-0.2, 0) is 0 Å². The number of halogens is 4. The van der Waals surface area contributed by atoms with E-state index in [9.17, 15) is 18.0 Å². The molecular formula is C12H10BrF3N2O. The van der Waals surface area contributed by atoms with Crippen LogP contribution in [0.15, 0.2) is 22.8 Å². The highest BCUT2D eigenvalue weighted by atomic mass is 79.9. The average Bonchev–Trinajstić information content (AvgIpc) is 2.67. The fourth-order valence-electron chi connectivity index (χ4n) is 1.82. The summed E-state index contributed by atoms with van der Waals surface area (Å²) in [6.07, 6.45) is -3.34. The molecule has 7 heteroatoms. The maximum Gasteiger partial charge on any atom is 0.456 e. The third kappa shape index (κ3) is 2.39. The van der Waals surface area contributed by atoms with Crippen molar-refractivity contribution in [2.45, 2.75) is 25.9 Å². The van der Waals surface area contributed by atoms with Gasteiger partial charge < -0.3 is 4.40 Å². The second-order valence-electron chi connectivity index (χ2n) is 4.37. The van der Waals surface area contributed by atoms with Gasteiger partial charge in [0.15, 0.2) is 0 Å². The summed E-state index contributed by atoms with van der Waals surface area (Å²) in [5.74, 6) is -1.61. The van der Waals surface area contributed by atoms with Gasteiger partial charge in [0.05, 0.1) is 5.52 Å². The van der Waals surface area contributed by atoms with Gasteiger partial charge in [-0.2, -0.15) is 13.2 Å². The van der Waals surface area contributed by atoms with Gasteiger partial charge in [-0.1, -0.05) is 13.8 Å². The molecule has 0 aliphatic rings. The molecule has 102 valence electrons. The summed E-state index contributed by atoms with van der Waals surface area (Å²) >= 11 is 3.16. The number of alkyl halides is 3. The molecule has 0 fully saturated rings. The van der Waals surface area contributed by atoms with Crippen molar-refractivity contribution in [1.82, 2.24) is 9.38 Å². The largest absolute Gasteiger partial charge is 0.456 e. The highest BCUT2D eigenvalue weighted by Gasteiger charge is 2.42. The number of fused-ring (bicyclic) bond motifs is 1. The zero-order valence-corrected chi connectivity index (χ0v) is 11.7. The number of hydrogen-bond acceptors (Lipinski definition) is 2. The standard InChI is InChI=1S/C12H10BrF3N2O/c1-6(2)11-17-8(10(19)12(14,15)16)9-7(13)4-3-5-18(9)11/h3-6H,1-2H3. The monoisotopic (exact) mass is 334 g/mol. The van der Waals surface area contributed by atoms with Crippen molar-refractivity contribution in [1.29, 1.82) is 0 Å². The second kappa shape index (κ2) is 4.63. The molecule has 0 N–H and O–H groups in total. The molecule has 2 aromatic heterocycles. The predicted octanol–water partition coefficient (Wildman–Crippen LogP) is 3.97. The van der Waals surface area contributed by atoms with Gasteiger partial charge in [-0.3, -0.25) is 4.79 Å². The van der Waals surface area contributed by atoms with Crippen LogP contribution in [0.25, 0.3) is 5.52 Å². The first kappa shape index (κ1) is 14.0. The fraction of sp³-hybridized carbons (Fsp3) is 0.333. The van der Waals surface area contributed by atoms with Crippen LogP contribution >= 0.6 is 15.9 Å². The lowest BCUT2D eigenvalue weighted by atomic mass is 10.2. The highest BCUT2D eigenvalue weighted by Crippen LogP contribution is 2.30. The van der Waals surface area contributed by atoms with Crippen molar-refractivity contribution in [2.75, 3.05) is 0 Å². The number of ketones is 1. The van der Waals surface area contributed by atoms with E-state index in [1.165, 1.54) is 4.40 Å². The third-order valence-electron chi connectivity index (χ3n) is 2.63. The Morgan fingerprint density at radius 3 is 2.58 bits per heavy atom. The first-order valence-corrected chi connectivity index (χ1v) is 6.30. The van der Waals surface area contributed by atoms with Gasteiger partial charge >= 0.3 is 6.18 Å². The second-order valence-corrected chi connectivity index (χ2v) is 5.23. The summed E-state index contributed by atoms with van der Waals surface area (Å²) in [4.78, 5) is 15.3. The topological polar surface area (TPSA) is 34.4 Å². The van der Waals surface area contributed by atoms with Crippen LogP contribution in [0.3, 0.4) is 0 Å². The van der Waals surface area contributed by atoms with Crippen molar-refractivity contribution in [3.8, 4) is 0 Å². The Balaban J connectivity index is 2.79. The van der Waals surface area contributed by atoms with Gasteiger partial charge in [0.1, 0.15) is 11.5 Å². The van der Waals surface area contributed by atoms with Crippen molar-refractivity contribution >= 4 is 27.2 Å². The van der Waals surface area contributed by atoms with E-state index in [-0.39, 0.29) is 11.4 Å². The van der Waals surface area contributed by atoms with Crippen LogP contribution in [0, 0.1) is 0 Å². The normalized spacial score (nSPS) is 12.4. The predicted molar refractivity (Wildman–Crippen MR) is 67.4 cm³/mol. The lowest BCUT2D eigenvalue weighted by Gasteiger charge is -2.04. The summed E-state index contributed by atoms with van der Waals surface area (Å²) in [7, 11) is 0. The van der Waals surface area contributed by atoms with E-state index in [0.29, 0.717) is 10.3 Å². The minimum absolute atomic E-state index is 0.100. The Hall–Kier alpha value is -1.37. The lowest BCUT2D eigenvalue weighted by Crippen LogP contribution is -2.23. The van der Waals surface area contributed by atoms with Gasteiger partial charge in [0, 0.05) is 16.6 Å². The minimum Gasteiger partial charge on any atom is -0.302 e. The maximum atomic E-state index is 12.6. The number of carbonyl (C=O) groups is 1. The first-order chi connectivity index (χ1) is 8.73. The molecule has 0 radical (unpaired) electrons. The number of nitrogens with zero attached hydrogens (tertiary/aromatic N) is 2. The van der Waals surface area contributed by atoms with E-state index in [1.54, 1.807) is 32.2 Å². The Bertz CT molecular complexity index is 646. The molecule has 0 saturated carbocycles. The molecule has 3 nitrogen and oxygen atoms in total. The van der Waals surface area contributed by atoms with Crippen LogP contribution in [0.1, 0.15) is 36.1 Å². The molecule has 0 saturated heterocycles. The van der Waals surface area contributed by atoms with Gasteiger partial charge in [-0.05, 0) is 28.1 Å². The molecule has 2 heterocycles. The molecule has 0 aromatic carbocycles. The fourth-order valence-corrected chi connectivity index (χ4v) is 2.35. The van der Waals surface area contributed by atoms with Crippen molar-refractivity contribution in [3.63, 3.8) is 0 Å². The maximum absolute atomic E-state index is 12.6. The molecular weight excluding hydrogens is 325 g/mol. The van der Waals surface area contributed by atoms with E-state index in [2.05, 4.69) is 20.9 Å². The zero-order valence-electron chi connectivity index (χ0n) is 10.1. The van der Waals surface area contributed by atoms with Gasteiger partial charge in [0.25, 0.3) is 5.78 Å². The molecule has 2 aromatic rings. The van der Waals surface area contributed by atoms with E-state index in [4.69, 9.17) is 0 Å². The number of aromatic nitrogens is 2. The smallest absolute Gasteiger partial charge is 0.302 e. The highest BCUT2D eigenvalue weighted by molar-refractivity contribution is 9.10. The summed E-state index contributed by atoms with van der Waals surface area (Å²) < 4.78 is 39.7. The van der Waals surface area contributed by atoms with Crippen LogP contribution in [0.4, 0.5) is 13.2 Å². The van der Waals surface area contributed by atoms with Crippen LogP contribution in [0.5, 0.6) is 0 Å². The number of rotatable bonds is 2. The third-order valence-corrected chi connectivity index (χ3v) is 3.27. The van der Waals surface area contributed by atoms with E-state index in [1.807, 2.05) is 0 Å². The zero-order chi connectivity index (χ0) is 14.4. The van der Waals surface area contributed by atoms with E-state index < -0.39 is 17.7 Å². The molecule has 2 rings (SSSR count). The van der Waals surface area contributed by atoms with Crippen molar-refractivity contribution in [3.05, 3.63) is 34.3 Å². The van der Waals surface area contributed by atoms with Crippen LogP contribution in [0.2, 0.25) is 0 Å². The van der Waals surface area contributed by atoms with Crippen molar-refractivity contribution in [2.24, 2.45) is 0 Å². The lowest BCUT2D eigenvalue weighted by molar-refractivity contribution is -0.0887. The first-order valence-electron chi connectivity index (χ1n) is 5.51.